The Kier molecular flexibility index (Phi) is 5.05. The van der Waals surface area contributed by atoms with E-state index in [9.17, 15) is 27.9 Å². The van der Waals surface area contributed by atoms with E-state index in [-0.39, 0.29) is 24.3 Å². The number of amides is 1. The van der Waals surface area contributed by atoms with Crippen LogP contribution in [-0.4, -0.2) is 35.3 Å². The molecule has 0 unspecified atom stereocenters. The highest BCUT2D eigenvalue weighted by Crippen LogP contribution is 2.44. The van der Waals surface area contributed by atoms with Crippen LogP contribution < -0.4 is 4.74 Å². The lowest BCUT2D eigenvalue weighted by Gasteiger charge is -2.38. The summed E-state index contributed by atoms with van der Waals surface area (Å²) in [7, 11) is 1.43. The second-order valence-corrected chi connectivity index (χ2v) is 6.02. The number of carboxylic acids is 1. The maximum Gasteiger partial charge on any atom is 0.573 e. The van der Waals surface area contributed by atoms with Crippen molar-refractivity contribution in [2.45, 2.75) is 38.6 Å². The maximum atomic E-state index is 12.4. The van der Waals surface area contributed by atoms with Gasteiger partial charge in [0.05, 0.1) is 5.41 Å². The number of halogens is 3. The first-order valence-electron chi connectivity index (χ1n) is 7.44. The number of rotatable bonds is 6. The van der Waals surface area contributed by atoms with E-state index in [0.717, 1.165) is 6.42 Å². The Labute approximate surface area is 137 Å². The summed E-state index contributed by atoms with van der Waals surface area (Å²) in [5.41, 5.74) is -0.837. The first-order chi connectivity index (χ1) is 11.1. The molecule has 1 aliphatic carbocycles. The van der Waals surface area contributed by atoms with Gasteiger partial charge in [-0.1, -0.05) is 24.6 Å². The molecule has 1 amide bonds. The molecule has 0 saturated heterocycles. The Balaban J connectivity index is 2.05. The molecular weight excluding hydrogens is 327 g/mol. The van der Waals surface area contributed by atoms with Gasteiger partial charge in [0.15, 0.2) is 0 Å². The van der Waals surface area contributed by atoms with Crippen LogP contribution in [0.3, 0.4) is 0 Å². The van der Waals surface area contributed by atoms with Crippen LogP contribution in [0.4, 0.5) is 13.2 Å². The van der Waals surface area contributed by atoms with E-state index in [1.165, 1.54) is 30.1 Å². The molecular formula is C16H18F3NO4. The molecule has 1 aromatic rings. The minimum absolute atomic E-state index is 0.0964. The smallest absolute Gasteiger partial charge is 0.481 e. The fraction of sp³-hybridized carbons (Fsp3) is 0.500. The van der Waals surface area contributed by atoms with Crippen LogP contribution in [0.25, 0.3) is 0 Å². The maximum absolute atomic E-state index is 12.4. The van der Waals surface area contributed by atoms with Crippen LogP contribution in [0.15, 0.2) is 24.3 Å². The van der Waals surface area contributed by atoms with Crippen LogP contribution >= 0.6 is 0 Å². The van der Waals surface area contributed by atoms with Crippen LogP contribution in [-0.2, 0) is 16.1 Å². The Morgan fingerprint density at radius 1 is 1.29 bits per heavy atom. The summed E-state index contributed by atoms with van der Waals surface area (Å²) in [6, 6.07) is 5.55. The summed E-state index contributed by atoms with van der Waals surface area (Å²) in [6.07, 6.45) is -3.34. The highest BCUT2D eigenvalue weighted by molar-refractivity contribution is 5.85. The van der Waals surface area contributed by atoms with E-state index < -0.39 is 23.7 Å². The fourth-order valence-electron chi connectivity index (χ4n) is 2.70. The van der Waals surface area contributed by atoms with E-state index in [4.69, 9.17) is 0 Å². The van der Waals surface area contributed by atoms with Crippen molar-refractivity contribution in [2.24, 2.45) is 5.41 Å². The predicted octanol–water partition coefficient (Wildman–Crippen LogP) is 3.19. The molecule has 0 atom stereocenters. The molecule has 0 radical (unpaired) electrons. The highest BCUT2D eigenvalue weighted by atomic mass is 19.4. The van der Waals surface area contributed by atoms with Gasteiger partial charge in [0, 0.05) is 25.6 Å². The van der Waals surface area contributed by atoms with Gasteiger partial charge in [-0.25, -0.2) is 0 Å². The molecule has 8 heteroatoms. The van der Waals surface area contributed by atoms with Crippen molar-refractivity contribution < 1.29 is 32.6 Å². The van der Waals surface area contributed by atoms with E-state index >= 15 is 0 Å². The van der Waals surface area contributed by atoms with E-state index in [2.05, 4.69) is 4.74 Å². The zero-order valence-electron chi connectivity index (χ0n) is 13.1. The minimum atomic E-state index is -4.82. The molecule has 0 heterocycles. The lowest BCUT2D eigenvalue weighted by molar-refractivity contribution is -0.275. The zero-order valence-corrected chi connectivity index (χ0v) is 13.1. The van der Waals surface area contributed by atoms with Gasteiger partial charge < -0.3 is 14.7 Å². The molecule has 1 aromatic carbocycles. The van der Waals surface area contributed by atoms with E-state index in [1.54, 1.807) is 6.07 Å². The third-order valence-corrected chi connectivity index (χ3v) is 4.29. The van der Waals surface area contributed by atoms with Gasteiger partial charge in [0.25, 0.3) is 0 Å². The molecule has 1 fully saturated rings. The Hall–Kier alpha value is -2.25. The number of aliphatic carboxylic acids is 1. The summed E-state index contributed by atoms with van der Waals surface area (Å²) in [6.45, 7) is -0.0964. The number of carbonyl (C=O) groups excluding carboxylic acids is 1. The first kappa shape index (κ1) is 18.1. The second-order valence-electron chi connectivity index (χ2n) is 6.02. The summed E-state index contributed by atoms with van der Waals surface area (Å²) >= 11 is 0. The number of carbonyl (C=O) groups is 2. The van der Waals surface area contributed by atoms with Crippen molar-refractivity contribution in [3.63, 3.8) is 0 Å². The quantitative estimate of drug-likeness (QED) is 0.860. The third kappa shape index (κ3) is 4.18. The summed E-state index contributed by atoms with van der Waals surface area (Å²) in [5.74, 6) is -1.79. The fourth-order valence-corrected chi connectivity index (χ4v) is 2.70. The predicted molar refractivity (Wildman–Crippen MR) is 78.1 cm³/mol. The SMILES string of the molecule is CN(Cc1ccccc1OC(F)(F)F)C(=O)CC1(C(=O)O)CCC1. The molecule has 0 spiro atoms. The molecule has 0 bridgehead atoms. The number of nitrogens with zero attached hydrogens (tertiary/aromatic N) is 1. The number of ether oxygens (including phenoxy) is 1. The number of hydrogen-bond donors (Lipinski definition) is 1. The van der Waals surface area contributed by atoms with Crippen LogP contribution in [0.2, 0.25) is 0 Å². The molecule has 1 aliphatic rings. The number of hydrogen-bond acceptors (Lipinski definition) is 3. The molecule has 0 aliphatic heterocycles. The van der Waals surface area contributed by atoms with Crippen molar-refractivity contribution in [2.75, 3.05) is 7.05 Å². The van der Waals surface area contributed by atoms with E-state index in [1.807, 2.05) is 0 Å². The summed E-state index contributed by atoms with van der Waals surface area (Å²) in [4.78, 5) is 24.8. The largest absolute Gasteiger partial charge is 0.573 e. The Morgan fingerprint density at radius 2 is 1.92 bits per heavy atom. The van der Waals surface area contributed by atoms with Crippen molar-refractivity contribution in [3.8, 4) is 5.75 Å². The lowest BCUT2D eigenvalue weighted by Crippen LogP contribution is -2.42. The van der Waals surface area contributed by atoms with Crippen LogP contribution in [0.1, 0.15) is 31.2 Å². The molecule has 5 nitrogen and oxygen atoms in total. The third-order valence-electron chi connectivity index (χ3n) is 4.29. The number of benzene rings is 1. The van der Waals surface area contributed by atoms with Gasteiger partial charge in [-0.05, 0) is 18.9 Å². The number of carboxylic acid groups (broad SMARTS) is 1. The Bertz CT molecular complexity index is 626. The zero-order chi connectivity index (χ0) is 18.0. The van der Waals surface area contributed by atoms with Crippen LogP contribution in [0.5, 0.6) is 5.75 Å². The topological polar surface area (TPSA) is 66.8 Å². The standard InChI is InChI=1S/C16H18F3NO4/c1-20(13(21)9-15(14(22)23)7-4-8-15)10-11-5-2-3-6-12(11)24-16(17,18)19/h2-3,5-6H,4,7-10H2,1H3,(H,22,23). The molecule has 24 heavy (non-hydrogen) atoms. The summed E-state index contributed by atoms with van der Waals surface area (Å²) < 4.78 is 41.2. The van der Waals surface area contributed by atoms with Crippen molar-refractivity contribution in [1.82, 2.24) is 4.90 Å². The monoisotopic (exact) mass is 345 g/mol. The number of alkyl halides is 3. The normalized spacial score (nSPS) is 16.2. The average Bonchev–Trinajstić information content (AvgIpc) is 2.42. The second kappa shape index (κ2) is 6.70. The van der Waals surface area contributed by atoms with Gasteiger partial charge in [-0.2, -0.15) is 0 Å². The van der Waals surface area contributed by atoms with Gasteiger partial charge in [-0.15, -0.1) is 13.2 Å². The van der Waals surface area contributed by atoms with Crippen LogP contribution in [0, 0.1) is 5.41 Å². The van der Waals surface area contributed by atoms with Gasteiger partial charge in [-0.3, -0.25) is 9.59 Å². The van der Waals surface area contributed by atoms with Crippen molar-refractivity contribution in [3.05, 3.63) is 29.8 Å². The van der Waals surface area contributed by atoms with E-state index in [0.29, 0.717) is 12.8 Å². The molecule has 132 valence electrons. The average molecular weight is 345 g/mol. The highest BCUT2D eigenvalue weighted by Gasteiger charge is 2.46. The van der Waals surface area contributed by atoms with Gasteiger partial charge >= 0.3 is 12.3 Å². The van der Waals surface area contributed by atoms with Gasteiger partial charge in [0.1, 0.15) is 5.75 Å². The molecule has 0 aromatic heterocycles. The molecule has 1 saturated carbocycles. The molecule has 2 rings (SSSR count). The first-order valence-corrected chi connectivity index (χ1v) is 7.44. The summed E-state index contributed by atoms with van der Waals surface area (Å²) in [5, 5.41) is 9.26. The van der Waals surface area contributed by atoms with Crippen molar-refractivity contribution in [1.29, 1.82) is 0 Å². The molecule has 1 N–H and O–H groups in total. The van der Waals surface area contributed by atoms with Gasteiger partial charge in [0.2, 0.25) is 5.91 Å². The number of para-hydroxylation sites is 1. The minimum Gasteiger partial charge on any atom is -0.481 e. The van der Waals surface area contributed by atoms with Crippen molar-refractivity contribution >= 4 is 11.9 Å². The Morgan fingerprint density at radius 3 is 2.42 bits per heavy atom. The lowest BCUT2D eigenvalue weighted by atomic mass is 9.66.